The lowest BCUT2D eigenvalue weighted by Crippen LogP contribution is -2.39. The summed E-state index contributed by atoms with van der Waals surface area (Å²) in [5, 5.41) is 21.4. The molecular formula is C17H18ClNO4. The fraction of sp³-hybridized carbons (Fsp3) is 0.235. The van der Waals surface area contributed by atoms with Crippen LogP contribution in [0, 0.1) is 0 Å². The SMILES string of the molecule is COc1cc(-c2ccc(Cl)cc2)ccc1CNC(CO)C(=O)O. The summed E-state index contributed by atoms with van der Waals surface area (Å²) in [7, 11) is 1.56. The third kappa shape index (κ3) is 4.45. The Morgan fingerprint density at radius 2 is 1.87 bits per heavy atom. The number of benzene rings is 2. The molecule has 2 aromatic carbocycles. The van der Waals surface area contributed by atoms with Crippen LogP contribution in [0.2, 0.25) is 5.02 Å². The van der Waals surface area contributed by atoms with E-state index in [1.807, 2.05) is 42.5 Å². The predicted octanol–water partition coefficient (Wildman–Crippen LogP) is 2.55. The smallest absolute Gasteiger partial charge is 0.323 e. The lowest BCUT2D eigenvalue weighted by atomic mass is 10.0. The second kappa shape index (κ2) is 7.97. The van der Waals surface area contributed by atoms with E-state index in [1.54, 1.807) is 7.11 Å². The number of hydrogen-bond acceptors (Lipinski definition) is 4. The van der Waals surface area contributed by atoms with E-state index in [2.05, 4.69) is 5.32 Å². The van der Waals surface area contributed by atoms with Gasteiger partial charge in [-0.3, -0.25) is 10.1 Å². The van der Waals surface area contributed by atoms with Gasteiger partial charge in [0.05, 0.1) is 13.7 Å². The molecule has 0 heterocycles. The summed E-state index contributed by atoms with van der Waals surface area (Å²) in [6.45, 7) is -0.192. The molecule has 0 aliphatic heterocycles. The second-order valence-corrected chi connectivity index (χ2v) is 5.42. The minimum absolute atomic E-state index is 0.279. The molecule has 1 unspecified atom stereocenters. The number of methoxy groups -OCH3 is 1. The largest absolute Gasteiger partial charge is 0.496 e. The van der Waals surface area contributed by atoms with Gasteiger partial charge in [-0.2, -0.15) is 0 Å². The van der Waals surface area contributed by atoms with Gasteiger partial charge in [-0.25, -0.2) is 0 Å². The zero-order chi connectivity index (χ0) is 16.8. The summed E-state index contributed by atoms with van der Waals surface area (Å²) >= 11 is 5.89. The Labute approximate surface area is 139 Å². The van der Waals surface area contributed by atoms with Crippen molar-refractivity contribution in [2.24, 2.45) is 0 Å². The lowest BCUT2D eigenvalue weighted by molar-refractivity contribution is -0.140. The molecule has 0 aliphatic carbocycles. The van der Waals surface area contributed by atoms with Crippen LogP contribution in [0.25, 0.3) is 11.1 Å². The molecule has 0 spiro atoms. The molecule has 0 saturated carbocycles. The number of carboxylic acids is 1. The number of aliphatic hydroxyl groups is 1. The second-order valence-electron chi connectivity index (χ2n) is 4.99. The van der Waals surface area contributed by atoms with Crippen molar-refractivity contribution in [1.29, 1.82) is 0 Å². The van der Waals surface area contributed by atoms with E-state index in [9.17, 15) is 4.79 Å². The third-order valence-corrected chi connectivity index (χ3v) is 3.74. The lowest BCUT2D eigenvalue weighted by Gasteiger charge is -2.15. The quantitative estimate of drug-likeness (QED) is 0.724. The van der Waals surface area contributed by atoms with E-state index in [-0.39, 0.29) is 6.54 Å². The number of hydrogen-bond donors (Lipinski definition) is 3. The van der Waals surface area contributed by atoms with Crippen molar-refractivity contribution < 1.29 is 19.7 Å². The molecule has 0 saturated heterocycles. The van der Waals surface area contributed by atoms with Crippen LogP contribution < -0.4 is 10.1 Å². The number of aliphatic hydroxyl groups excluding tert-OH is 1. The Balaban J connectivity index is 2.19. The molecule has 5 nitrogen and oxygen atoms in total. The fourth-order valence-corrected chi connectivity index (χ4v) is 2.30. The Hall–Kier alpha value is -2.08. The van der Waals surface area contributed by atoms with E-state index in [0.717, 1.165) is 16.7 Å². The van der Waals surface area contributed by atoms with E-state index < -0.39 is 18.6 Å². The van der Waals surface area contributed by atoms with Gasteiger partial charge in [-0.05, 0) is 29.3 Å². The normalized spacial score (nSPS) is 12.0. The number of ether oxygens (including phenoxy) is 1. The zero-order valence-corrected chi connectivity index (χ0v) is 13.4. The number of halogens is 1. The highest BCUT2D eigenvalue weighted by molar-refractivity contribution is 6.30. The van der Waals surface area contributed by atoms with Crippen molar-refractivity contribution in [3.05, 3.63) is 53.1 Å². The van der Waals surface area contributed by atoms with Gasteiger partial charge in [0.1, 0.15) is 11.8 Å². The maximum Gasteiger partial charge on any atom is 0.323 e. The standard InChI is InChI=1S/C17H18ClNO4/c1-23-16-8-12(11-4-6-14(18)7-5-11)2-3-13(16)9-19-15(10-20)17(21)22/h2-8,15,19-20H,9-10H2,1H3,(H,21,22). The summed E-state index contributed by atoms with van der Waals surface area (Å²) in [5.41, 5.74) is 2.79. The van der Waals surface area contributed by atoms with Gasteiger partial charge < -0.3 is 14.9 Å². The Bertz CT molecular complexity index is 673. The van der Waals surface area contributed by atoms with Gasteiger partial charge in [0.2, 0.25) is 0 Å². The van der Waals surface area contributed by atoms with Crippen LogP contribution >= 0.6 is 11.6 Å². The highest BCUT2D eigenvalue weighted by atomic mass is 35.5. The van der Waals surface area contributed by atoms with Crippen molar-refractivity contribution in [2.75, 3.05) is 13.7 Å². The van der Waals surface area contributed by atoms with Gasteiger partial charge in [0.25, 0.3) is 0 Å². The molecule has 2 rings (SSSR count). The van der Waals surface area contributed by atoms with E-state index >= 15 is 0 Å². The Kier molecular flexibility index (Phi) is 5.98. The first-order chi connectivity index (χ1) is 11.0. The maximum atomic E-state index is 10.9. The molecule has 23 heavy (non-hydrogen) atoms. The van der Waals surface area contributed by atoms with Crippen LogP contribution in [0.15, 0.2) is 42.5 Å². The number of aliphatic carboxylic acids is 1. The van der Waals surface area contributed by atoms with Crippen LogP contribution in [-0.4, -0.2) is 35.9 Å². The first-order valence-corrected chi connectivity index (χ1v) is 7.43. The summed E-state index contributed by atoms with van der Waals surface area (Å²) in [5.74, 6) is -0.448. The van der Waals surface area contributed by atoms with Gasteiger partial charge in [0.15, 0.2) is 0 Å². The van der Waals surface area contributed by atoms with Crippen molar-refractivity contribution in [3.8, 4) is 16.9 Å². The summed E-state index contributed by atoms with van der Waals surface area (Å²) in [6, 6.07) is 12.1. The number of nitrogens with one attached hydrogen (secondary N) is 1. The van der Waals surface area contributed by atoms with Crippen LogP contribution in [0.5, 0.6) is 5.75 Å². The first-order valence-electron chi connectivity index (χ1n) is 7.05. The highest BCUT2D eigenvalue weighted by Gasteiger charge is 2.16. The Morgan fingerprint density at radius 1 is 1.22 bits per heavy atom. The molecule has 3 N–H and O–H groups in total. The minimum Gasteiger partial charge on any atom is -0.496 e. The number of carboxylic acid groups (broad SMARTS) is 1. The summed E-state index contributed by atoms with van der Waals surface area (Å²) in [4.78, 5) is 10.9. The van der Waals surface area contributed by atoms with Crippen LogP contribution in [0.3, 0.4) is 0 Å². The van der Waals surface area contributed by atoms with Crippen molar-refractivity contribution in [3.63, 3.8) is 0 Å². The van der Waals surface area contributed by atoms with Gasteiger partial charge >= 0.3 is 5.97 Å². The number of carbonyl (C=O) groups is 1. The van der Waals surface area contributed by atoms with Crippen LogP contribution in [-0.2, 0) is 11.3 Å². The van der Waals surface area contributed by atoms with E-state index in [1.165, 1.54) is 0 Å². The topological polar surface area (TPSA) is 78.8 Å². The minimum atomic E-state index is -1.09. The molecule has 0 fully saturated rings. The molecule has 0 bridgehead atoms. The number of rotatable bonds is 7. The van der Waals surface area contributed by atoms with Crippen molar-refractivity contribution >= 4 is 17.6 Å². The Morgan fingerprint density at radius 3 is 2.43 bits per heavy atom. The molecule has 0 radical (unpaired) electrons. The van der Waals surface area contributed by atoms with Crippen LogP contribution in [0.4, 0.5) is 0 Å². The van der Waals surface area contributed by atoms with Crippen molar-refractivity contribution in [2.45, 2.75) is 12.6 Å². The van der Waals surface area contributed by atoms with E-state index in [4.69, 9.17) is 26.6 Å². The molecule has 0 aromatic heterocycles. The van der Waals surface area contributed by atoms with E-state index in [0.29, 0.717) is 10.8 Å². The van der Waals surface area contributed by atoms with Gasteiger partial charge in [0, 0.05) is 17.1 Å². The van der Waals surface area contributed by atoms with Crippen LogP contribution in [0.1, 0.15) is 5.56 Å². The average molecular weight is 336 g/mol. The zero-order valence-electron chi connectivity index (χ0n) is 12.6. The molecule has 1 atom stereocenters. The third-order valence-electron chi connectivity index (χ3n) is 3.48. The predicted molar refractivity (Wildman–Crippen MR) is 88.8 cm³/mol. The van der Waals surface area contributed by atoms with Gasteiger partial charge in [-0.1, -0.05) is 35.9 Å². The molecule has 2 aromatic rings. The monoisotopic (exact) mass is 335 g/mol. The molecule has 0 amide bonds. The highest BCUT2D eigenvalue weighted by Crippen LogP contribution is 2.28. The molecule has 0 aliphatic rings. The van der Waals surface area contributed by atoms with Gasteiger partial charge in [-0.15, -0.1) is 0 Å². The molecular weight excluding hydrogens is 318 g/mol. The average Bonchev–Trinajstić information content (AvgIpc) is 2.56. The summed E-state index contributed by atoms with van der Waals surface area (Å²) < 4.78 is 5.38. The molecule has 122 valence electrons. The van der Waals surface area contributed by atoms with Crippen molar-refractivity contribution in [1.82, 2.24) is 5.32 Å². The fourth-order valence-electron chi connectivity index (χ4n) is 2.18. The summed E-state index contributed by atoms with van der Waals surface area (Å²) in [6.07, 6.45) is 0. The maximum absolute atomic E-state index is 10.9. The molecule has 6 heteroatoms. The first kappa shape index (κ1) is 17.3.